The summed E-state index contributed by atoms with van der Waals surface area (Å²) in [5.74, 6) is 0.990. The molecule has 25 heavy (non-hydrogen) atoms. The van der Waals surface area contributed by atoms with Gasteiger partial charge in [0.1, 0.15) is 0 Å². The number of rotatable bonds is 4. The van der Waals surface area contributed by atoms with Crippen molar-refractivity contribution in [3.05, 3.63) is 60.2 Å². The number of para-hydroxylation sites is 1. The van der Waals surface area contributed by atoms with Gasteiger partial charge in [-0.05, 0) is 36.6 Å². The van der Waals surface area contributed by atoms with E-state index in [4.69, 9.17) is 4.42 Å². The first kappa shape index (κ1) is 15.5. The number of benzene rings is 1. The molecule has 1 aromatic carbocycles. The van der Waals surface area contributed by atoms with Crippen LogP contribution in [0, 0.1) is 0 Å². The third-order valence-electron chi connectivity index (χ3n) is 4.34. The number of aromatic nitrogens is 3. The first-order valence-electron chi connectivity index (χ1n) is 8.42. The summed E-state index contributed by atoms with van der Waals surface area (Å²) in [4.78, 5) is 18.5. The van der Waals surface area contributed by atoms with Gasteiger partial charge in [0.25, 0.3) is 0 Å². The lowest BCUT2D eigenvalue weighted by atomic mass is 10.0. The van der Waals surface area contributed by atoms with E-state index in [1.807, 2.05) is 35.2 Å². The highest BCUT2D eigenvalue weighted by Gasteiger charge is 2.22. The molecule has 0 saturated heterocycles. The molecule has 4 rings (SSSR count). The Morgan fingerprint density at radius 1 is 1.16 bits per heavy atom. The van der Waals surface area contributed by atoms with Crippen molar-refractivity contribution in [2.75, 3.05) is 11.4 Å². The number of amides is 1. The summed E-state index contributed by atoms with van der Waals surface area (Å²) in [7, 11) is 0. The van der Waals surface area contributed by atoms with Crippen LogP contribution in [0.2, 0.25) is 0 Å². The highest BCUT2D eigenvalue weighted by molar-refractivity contribution is 5.94. The molecule has 0 saturated carbocycles. The molecule has 0 bridgehead atoms. The van der Waals surface area contributed by atoms with Crippen LogP contribution in [0.25, 0.3) is 11.5 Å². The van der Waals surface area contributed by atoms with Gasteiger partial charge in [0.2, 0.25) is 17.7 Å². The van der Waals surface area contributed by atoms with Gasteiger partial charge in [-0.1, -0.05) is 18.2 Å². The number of carbonyl (C=O) groups is 1. The Morgan fingerprint density at radius 3 is 2.96 bits per heavy atom. The first-order chi connectivity index (χ1) is 12.3. The maximum Gasteiger partial charge on any atom is 0.249 e. The van der Waals surface area contributed by atoms with E-state index < -0.39 is 0 Å². The second-order valence-electron chi connectivity index (χ2n) is 6.02. The normalized spacial score (nSPS) is 13.5. The Balaban J connectivity index is 1.42. The van der Waals surface area contributed by atoms with Crippen LogP contribution in [-0.4, -0.2) is 27.6 Å². The van der Waals surface area contributed by atoms with E-state index in [0.29, 0.717) is 24.6 Å². The second kappa shape index (κ2) is 6.84. The summed E-state index contributed by atoms with van der Waals surface area (Å²) in [6, 6.07) is 11.8. The third-order valence-corrected chi connectivity index (χ3v) is 4.34. The smallest absolute Gasteiger partial charge is 0.249 e. The molecule has 0 N–H and O–H groups in total. The van der Waals surface area contributed by atoms with Gasteiger partial charge in [-0.3, -0.25) is 9.78 Å². The Kier molecular flexibility index (Phi) is 4.24. The lowest BCUT2D eigenvalue weighted by Crippen LogP contribution is -2.35. The van der Waals surface area contributed by atoms with Gasteiger partial charge in [-0.15, -0.1) is 10.2 Å². The highest BCUT2D eigenvalue weighted by atomic mass is 16.4. The quantitative estimate of drug-likeness (QED) is 0.733. The predicted molar refractivity (Wildman–Crippen MR) is 93.0 cm³/mol. The first-order valence-corrected chi connectivity index (χ1v) is 8.42. The number of anilines is 1. The van der Waals surface area contributed by atoms with E-state index in [-0.39, 0.29) is 5.91 Å². The second-order valence-corrected chi connectivity index (χ2v) is 6.02. The zero-order valence-electron chi connectivity index (χ0n) is 13.8. The number of nitrogens with zero attached hydrogens (tertiary/aromatic N) is 4. The van der Waals surface area contributed by atoms with Crippen LogP contribution in [0.3, 0.4) is 0 Å². The van der Waals surface area contributed by atoms with Crippen LogP contribution >= 0.6 is 0 Å². The van der Waals surface area contributed by atoms with Crippen molar-refractivity contribution in [1.29, 1.82) is 0 Å². The van der Waals surface area contributed by atoms with Gasteiger partial charge in [0, 0.05) is 37.5 Å². The summed E-state index contributed by atoms with van der Waals surface area (Å²) < 4.78 is 5.64. The van der Waals surface area contributed by atoms with Crippen molar-refractivity contribution in [2.45, 2.75) is 25.7 Å². The Morgan fingerprint density at radius 2 is 2.08 bits per heavy atom. The molecule has 1 amide bonds. The Bertz CT molecular complexity index is 876. The lowest BCUT2D eigenvalue weighted by molar-refractivity contribution is -0.118. The monoisotopic (exact) mass is 334 g/mol. The molecule has 1 aliphatic heterocycles. The minimum absolute atomic E-state index is 0.0910. The van der Waals surface area contributed by atoms with E-state index in [9.17, 15) is 4.79 Å². The number of carbonyl (C=O) groups excluding carboxylic acids is 1. The maximum atomic E-state index is 12.6. The van der Waals surface area contributed by atoms with Gasteiger partial charge in [0.15, 0.2) is 0 Å². The highest BCUT2D eigenvalue weighted by Crippen LogP contribution is 2.27. The summed E-state index contributed by atoms with van der Waals surface area (Å²) in [5, 5.41) is 8.07. The topological polar surface area (TPSA) is 72.1 Å². The van der Waals surface area contributed by atoms with Gasteiger partial charge < -0.3 is 9.32 Å². The summed E-state index contributed by atoms with van der Waals surface area (Å²) in [5.41, 5.74) is 3.04. The predicted octanol–water partition coefficient (Wildman–Crippen LogP) is 3.04. The molecular formula is C19H18N4O2. The zero-order valence-corrected chi connectivity index (χ0v) is 13.8. The van der Waals surface area contributed by atoms with Crippen molar-refractivity contribution >= 4 is 11.6 Å². The average molecular weight is 334 g/mol. The molecule has 6 heteroatoms. The number of hydrogen-bond acceptors (Lipinski definition) is 5. The molecule has 3 heterocycles. The van der Waals surface area contributed by atoms with E-state index in [1.165, 1.54) is 5.56 Å². The molecule has 0 spiro atoms. The maximum absolute atomic E-state index is 12.6. The molecular weight excluding hydrogens is 316 g/mol. The lowest BCUT2D eigenvalue weighted by Gasteiger charge is -2.29. The van der Waals surface area contributed by atoms with Crippen molar-refractivity contribution in [1.82, 2.24) is 15.2 Å². The van der Waals surface area contributed by atoms with Crippen LogP contribution in [0.5, 0.6) is 0 Å². The molecule has 0 fully saturated rings. The van der Waals surface area contributed by atoms with Crippen LogP contribution in [-0.2, 0) is 17.6 Å². The fraction of sp³-hybridized carbons (Fsp3) is 0.263. The van der Waals surface area contributed by atoms with Crippen LogP contribution < -0.4 is 4.90 Å². The number of aryl methyl sites for hydroxylation is 2. The fourth-order valence-electron chi connectivity index (χ4n) is 3.10. The summed E-state index contributed by atoms with van der Waals surface area (Å²) in [6.07, 6.45) is 6.17. The molecule has 0 atom stereocenters. The van der Waals surface area contributed by atoms with Crippen molar-refractivity contribution in [2.24, 2.45) is 0 Å². The molecule has 6 nitrogen and oxygen atoms in total. The number of fused-ring (bicyclic) bond motifs is 1. The molecule has 3 aromatic rings. The van der Waals surface area contributed by atoms with Gasteiger partial charge in [-0.2, -0.15) is 0 Å². The minimum Gasteiger partial charge on any atom is -0.421 e. The van der Waals surface area contributed by atoms with E-state index in [2.05, 4.69) is 21.2 Å². The SMILES string of the molecule is O=C(CCc1nnc(-c2cccnc2)o1)N1CCCc2ccccc21. The molecule has 2 aromatic heterocycles. The van der Waals surface area contributed by atoms with Crippen molar-refractivity contribution < 1.29 is 9.21 Å². The van der Waals surface area contributed by atoms with Crippen molar-refractivity contribution in [3.63, 3.8) is 0 Å². The van der Waals surface area contributed by atoms with Crippen LogP contribution in [0.4, 0.5) is 5.69 Å². The molecule has 126 valence electrons. The summed E-state index contributed by atoms with van der Waals surface area (Å²) >= 11 is 0. The van der Waals surface area contributed by atoms with Gasteiger partial charge in [-0.25, -0.2) is 0 Å². The Hall–Kier alpha value is -3.02. The van der Waals surface area contributed by atoms with Gasteiger partial charge >= 0.3 is 0 Å². The number of hydrogen-bond donors (Lipinski definition) is 0. The molecule has 1 aliphatic rings. The standard InChI is InChI=1S/C19H18N4O2/c24-18(23-12-4-7-14-5-1-2-8-16(14)23)10-9-17-21-22-19(25-17)15-6-3-11-20-13-15/h1-3,5-6,8,11,13H,4,7,9-10,12H2. The molecule has 0 radical (unpaired) electrons. The molecule has 0 unspecified atom stereocenters. The number of pyridine rings is 1. The van der Waals surface area contributed by atoms with Crippen LogP contribution in [0.1, 0.15) is 24.3 Å². The molecule has 0 aliphatic carbocycles. The fourth-order valence-corrected chi connectivity index (χ4v) is 3.10. The minimum atomic E-state index is 0.0910. The van der Waals surface area contributed by atoms with Gasteiger partial charge in [0.05, 0.1) is 5.56 Å². The Labute approximate surface area is 145 Å². The third kappa shape index (κ3) is 3.28. The van der Waals surface area contributed by atoms with Crippen LogP contribution in [0.15, 0.2) is 53.2 Å². The van der Waals surface area contributed by atoms with E-state index in [0.717, 1.165) is 30.6 Å². The average Bonchev–Trinajstić information content (AvgIpc) is 3.15. The summed E-state index contributed by atoms with van der Waals surface area (Å²) in [6.45, 7) is 0.764. The van der Waals surface area contributed by atoms with E-state index >= 15 is 0 Å². The van der Waals surface area contributed by atoms with Crippen molar-refractivity contribution in [3.8, 4) is 11.5 Å². The zero-order chi connectivity index (χ0) is 17.1. The largest absolute Gasteiger partial charge is 0.421 e. The van der Waals surface area contributed by atoms with E-state index in [1.54, 1.807) is 12.4 Å².